The normalized spacial score (nSPS) is 9.30. The average Bonchev–Trinajstić information content (AvgIpc) is 1.88. The first-order valence-electron chi connectivity index (χ1n) is 2.76. The summed E-state index contributed by atoms with van der Waals surface area (Å²) in [6.07, 6.45) is 1.30. The van der Waals surface area contributed by atoms with Crippen LogP contribution in [0.15, 0.2) is 17.1 Å². The van der Waals surface area contributed by atoms with Gasteiger partial charge in [-0.1, -0.05) is 0 Å². The molecule has 0 aromatic carbocycles. The molecule has 0 spiro atoms. The zero-order valence-corrected chi connectivity index (χ0v) is 5.42. The summed E-state index contributed by atoms with van der Waals surface area (Å²) in [7, 11) is 0. The van der Waals surface area contributed by atoms with Crippen LogP contribution in [0.3, 0.4) is 0 Å². The maximum Gasteiger partial charge on any atom is 0.251 e. The van der Waals surface area contributed by atoms with Crippen LogP contribution in [0.4, 0.5) is 0 Å². The van der Waals surface area contributed by atoms with Crippen LogP contribution in [0.25, 0.3) is 0 Å². The highest BCUT2D eigenvalue weighted by atomic mass is 16.1. The summed E-state index contributed by atoms with van der Waals surface area (Å²) in [6, 6.07) is 1.26. The van der Waals surface area contributed by atoms with E-state index < -0.39 is 0 Å². The molecule has 1 aromatic rings. The summed E-state index contributed by atoms with van der Waals surface area (Å²) >= 11 is 0. The summed E-state index contributed by atoms with van der Waals surface area (Å²) in [4.78, 5) is 27.0. The fourth-order valence-corrected chi connectivity index (χ4v) is 0.549. The molecule has 0 radical (unpaired) electrons. The van der Waals surface area contributed by atoms with Crippen LogP contribution in [-0.2, 0) is 0 Å². The van der Waals surface area contributed by atoms with Crippen molar-refractivity contribution in [2.75, 3.05) is 0 Å². The van der Waals surface area contributed by atoms with Gasteiger partial charge >= 0.3 is 0 Å². The second-order valence-electron chi connectivity index (χ2n) is 1.84. The number of hydrogen-bond acceptors (Lipinski definition) is 3. The molecule has 0 unspecified atom stereocenters. The first-order chi connectivity index (χ1) is 4.70. The number of ketones is 1. The zero-order chi connectivity index (χ0) is 7.56. The largest absolute Gasteiger partial charge is 0.304 e. The minimum Gasteiger partial charge on any atom is -0.304 e. The summed E-state index contributed by atoms with van der Waals surface area (Å²) in [5.41, 5.74) is -0.305. The second-order valence-corrected chi connectivity index (χ2v) is 1.84. The Morgan fingerprint density at radius 3 is 2.80 bits per heavy atom. The molecule has 1 aromatic heterocycles. The third-order valence-corrected chi connectivity index (χ3v) is 1.00. The fraction of sp³-hybridized carbons (Fsp3) is 0.167. The maximum atomic E-state index is 10.6. The van der Waals surface area contributed by atoms with E-state index in [-0.39, 0.29) is 17.2 Å². The number of H-pyrrole nitrogens is 1. The van der Waals surface area contributed by atoms with Gasteiger partial charge in [-0.05, 0) is 0 Å². The SMILES string of the molecule is CC(=O)c1nccc(=O)[nH]1. The van der Waals surface area contributed by atoms with Crippen molar-refractivity contribution in [1.82, 2.24) is 9.97 Å². The average molecular weight is 138 g/mol. The van der Waals surface area contributed by atoms with Crippen LogP contribution in [0.1, 0.15) is 17.5 Å². The van der Waals surface area contributed by atoms with Crippen LogP contribution in [-0.4, -0.2) is 15.8 Å². The highest BCUT2D eigenvalue weighted by molar-refractivity contribution is 5.89. The van der Waals surface area contributed by atoms with Gasteiger partial charge in [-0.25, -0.2) is 4.98 Å². The molecular formula is C6H6N2O2. The molecular weight excluding hydrogens is 132 g/mol. The van der Waals surface area contributed by atoms with Crippen LogP contribution in [0.2, 0.25) is 0 Å². The lowest BCUT2D eigenvalue weighted by Crippen LogP contribution is -2.11. The molecule has 4 nitrogen and oxygen atoms in total. The molecule has 4 heteroatoms. The third kappa shape index (κ3) is 1.28. The molecule has 1 heterocycles. The van der Waals surface area contributed by atoms with Crippen molar-refractivity contribution in [3.63, 3.8) is 0 Å². The number of rotatable bonds is 1. The van der Waals surface area contributed by atoms with E-state index in [4.69, 9.17) is 0 Å². The molecule has 10 heavy (non-hydrogen) atoms. The van der Waals surface area contributed by atoms with Gasteiger partial charge in [0.05, 0.1) is 0 Å². The minimum atomic E-state index is -0.305. The molecule has 1 rings (SSSR count). The van der Waals surface area contributed by atoms with Crippen molar-refractivity contribution in [3.05, 3.63) is 28.4 Å². The molecule has 0 aliphatic heterocycles. The minimum absolute atomic E-state index is 0.104. The first-order valence-corrected chi connectivity index (χ1v) is 2.76. The predicted molar refractivity (Wildman–Crippen MR) is 34.9 cm³/mol. The Bertz CT molecular complexity index is 303. The number of aromatic amines is 1. The van der Waals surface area contributed by atoms with Crippen molar-refractivity contribution >= 4 is 5.78 Å². The number of nitrogens with zero attached hydrogens (tertiary/aromatic N) is 1. The van der Waals surface area contributed by atoms with E-state index in [0.717, 1.165) is 0 Å². The van der Waals surface area contributed by atoms with Gasteiger partial charge in [0.1, 0.15) is 0 Å². The van der Waals surface area contributed by atoms with E-state index in [1.807, 2.05) is 0 Å². The van der Waals surface area contributed by atoms with Gasteiger partial charge in [0.15, 0.2) is 11.6 Å². The maximum absolute atomic E-state index is 10.6. The van der Waals surface area contributed by atoms with E-state index >= 15 is 0 Å². The number of carbonyl (C=O) groups excluding carboxylic acids is 1. The molecule has 0 amide bonds. The number of hydrogen-bond donors (Lipinski definition) is 1. The summed E-state index contributed by atoms with van der Waals surface area (Å²) < 4.78 is 0. The lowest BCUT2D eigenvalue weighted by atomic mass is 10.4. The molecule has 0 saturated carbocycles. The lowest BCUT2D eigenvalue weighted by molar-refractivity contribution is 0.100. The van der Waals surface area contributed by atoms with Crippen molar-refractivity contribution < 1.29 is 4.79 Å². The fourth-order valence-electron chi connectivity index (χ4n) is 0.549. The number of carbonyl (C=O) groups is 1. The van der Waals surface area contributed by atoms with Gasteiger partial charge < -0.3 is 4.98 Å². The Kier molecular flexibility index (Phi) is 1.62. The molecule has 0 aliphatic rings. The predicted octanol–water partition coefficient (Wildman–Crippen LogP) is -0.0275. The van der Waals surface area contributed by atoms with E-state index in [1.54, 1.807) is 0 Å². The third-order valence-electron chi connectivity index (χ3n) is 1.00. The van der Waals surface area contributed by atoms with Gasteiger partial charge in [-0.3, -0.25) is 9.59 Å². The van der Waals surface area contributed by atoms with Gasteiger partial charge in [-0.2, -0.15) is 0 Å². The second kappa shape index (κ2) is 2.43. The quantitative estimate of drug-likeness (QED) is 0.554. The van der Waals surface area contributed by atoms with Crippen molar-refractivity contribution in [3.8, 4) is 0 Å². The van der Waals surface area contributed by atoms with Gasteiger partial charge in [0.25, 0.3) is 5.56 Å². The van der Waals surface area contributed by atoms with Crippen LogP contribution in [0, 0.1) is 0 Å². The van der Waals surface area contributed by atoms with Crippen LogP contribution in [0.5, 0.6) is 0 Å². The number of nitrogens with one attached hydrogen (secondary N) is 1. The van der Waals surface area contributed by atoms with Gasteiger partial charge in [0, 0.05) is 19.2 Å². The molecule has 0 saturated heterocycles. The Morgan fingerprint density at radius 1 is 1.70 bits per heavy atom. The lowest BCUT2D eigenvalue weighted by Gasteiger charge is -1.89. The molecule has 0 atom stereocenters. The zero-order valence-electron chi connectivity index (χ0n) is 5.42. The highest BCUT2D eigenvalue weighted by Crippen LogP contribution is 1.83. The molecule has 0 fully saturated rings. The molecule has 52 valence electrons. The molecule has 1 N–H and O–H groups in total. The van der Waals surface area contributed by atoms with E-state index in [9.17, 15) is 9.59 Å². The first kappa shape index (κ1) is 6.67. The number of aromatic nitrogens is 2. The van der Waals surface area contributed by atoms with Crippen molar-refractivity contribution in [2.45, 2.75) is 6.92 Å². The van der Waals surface area contributed by atoms with Crippen LogP contribution >= 0.6 is 0 Å². The standard InChI is InChI=1S/C6H6N2O2/c1-4(9)6-7-3-2-5(10)8-6/h2-3H,1H3,(H,7,8,10). The number of Topliss-reactive ketones (excluding diaryl/α,β-unsaturated/α-hetero) is 1. The Hall–Kier alpha value is -1.45. The molecule has 0 bridgehead atoms. The van der Waals surface area contributed by atoms with E-state index in [1.165, 1.54) is 19.2 Å². The highest BCUT2D eigenvalue weighted by Gasteiger charge is 1.98. The Labute approximate surface area is 56.9 Å². The van der Waals surface area contributed by atoms with Crippen molar-refractivity contribution in [1.29, 1.82) is 0 Å². The summed E-state index contributed by atoms with van der Waals surface area (Å²) in [5.74, 6) is -0.134. The van der Waals surface area contributed by atoms with E-state index in [0.29, 0.717) is 0 Å². The smallest absolute Gasteiger partial charge is 0.251 e. The Morgan fingerprint density at radius 2 is 2.40 bits per heavy atom. The monoisotopic (exact) mass is 138 g/mol. The molecule has 0 aliphatic carbocycles. The Balaban J connectivity index is 3.20. The van der Waals surface area contributed by atoms with Crippen molar-refractivity contribution in [2.24, 2.45) is 0 Å². The van der Waals surface area contributed by atoms with Gasteiger partial charge in [0.2, 0.25) is 0 Å². The summed E-state index contributed by atoms with van der Waals surface area (Å²) in [5, 5.41) is 0. The van der Waals surface area contributed by atoms with Gasteiger partial charge in [-0.15, -0.1) is 0 Å². The van der Waals surface area contributed by atoms with E-state index in [2.05, 4.69) is 9.97 Å². The van der Waals surface area contributed by atoms with Crippen LogP contribution < -0.4 is 5.56 Å². The summed E-state index contributed by atoms with van der Waals surface area (Å²) in [6.45, 7) is 1.35. The topological polar surface area (TPSA) is 62.8 Å².